The molecule has 21 heavy (non-hydrogen) atoms. The highest BCUT2D eigenvalue weighted by Crippen LogP contribution is 2.20. The molecule has 2 rings (SSSR count). The lowest BCUT2D eigenvalue weighted by Crippen LogP contribution is -2.35. The number of ether oxygens (including phenoxy) is 1. The fraction of sp³-hybridized carbons (Fsp3) is 0.375. The minimum absolute atomic E-state index is 0.0215. The van der Waals surface area contributed by atoms with E-state index >= 15 is 0 Å². The van der Waals surface area contributed by atoms with Gasteiger partial charge in [0.2, 0.25) is 0 Å². The van der Waals surface area contributed by atoms with Gasteiger partial charge in [-0.1, -0.05) is 34.1 Å². The van der Waals surface area contributed by atoms with E-state index in [0.29, 0.717) is 25.3 Å². The normalized spacial score (nSPS) is 10.8. The maximum Gasteiger partial charge on any atom is 0.254 e. The second-order valence-electron chi connectivity index (χ2n) is 4.80. The summed E-state index contributed by atoms with van der Waals surface area (Å²) in [6.07, 6.45) is 0. The Labute approximate surface area is 133 Å². The number of hydrogen-bond donors (Lipinski definition) is 0. The van der Waals surface area contributed by atoms with Crippen molar-refractivity contribution in [1.29, 1.82) is 0 Å². The van der Waals surface area contributed by atoms with Crippen molar-refractivity contribution >= 4 is 32.7 Å². The summed E-state index contributed by atoms with van der Waals surface area (Å²) >= 11 is 3.40. The molecule has 0 aliphatic carbocycles. The van der Waals surface area contributed by atoms with Crippen LogP contribution in [0, 0.1) is 6.92 Å². The molecule has 5 heteroatoms. The summed E-state index contributed by atoms with van der Waals surface area (Å²) in [5.41, 5.74) is 2.41. The van der Waals surface area contributed by atoms with Crippen molar-refractivity contribution in [3.05, 3.63) is 41.6 Å². The van der Waals surface area contributed by atoms with Crippen LogP contribution in [0.5, 0.6) is 0 Å². The number of fused-ring (bicyclic) bond motifs is 1. The summed E-state index contributed by atoms with van der Waals surface area (Å²) in [4.78, 5) is 19.1. The van der Waals surface area contributed by atoms with Crippen molar-refractivity contribution in [3.8, 4) is 0 Å². The Morgan fingerprint density at radius 2 is 2.10 bits per heavy atom. The van der Waals surface area contributed by atoms with Gasteiger partial charge in [0.1, 0.15) is 0 Å². The van der Waals surface area contributed by atoms with Gasteiger partial charge in [-0.15, -0.1) is 0 Å². The highest BCUT2D eigenvalue weighted by Gasteiger charge is 2.18. The fourth-order valence-electron chi connectivity index (χ4n) is 2.27. The van der Waals surface area contributed by atoms with E-state index < -0.39 is 0 Å². The number of alkyl halides is 1. The zero-order chi connectivity index (χ0) is 15.2. The smallest absolute Gasteiger partial charge is 0.254 e. The Bertz CT molecular complexity index is 631. The van der Waals surface area contributed by atoms with E-state index in [2.05, 4.69) is 20.9 Å². The third-order valence-electron chi connectivity index (χ3n) is 3.28. The molecule has 0 fully saturated rings. The SMILES string of the molecule is COCCN(CCBr)C(=O)c1cc(C)nc2ccccc12. The zero-order valence-corrected chi connectivity index (χ0v) is 13.9. The van der Waals surface area contributed by atoms with Gasteiger partial charge < -0.3 is 9.64 Å². The number of carbonyl (C=O) groups is 1. The van der Waals surface area contributed by atoms with Crippen LogP contribution in [0.1, 0.15) is 16.1 Å². The van der Waals surface area contributed by atoms with E-state index in [-0.39, 0.29) is 5.91 Å². The summed E-state index contributed by atoms with van der Waals surface area (Å²) in [7, 11) is 1.64. The Kier molecular flexibility index (Phi) is 5.70. The summed E-state index contributed by atoms with van der Waals surface area (Å²) in [6.45, 7) is 3.67. The molecule has 1 amide bonds. The average Bonchev–Trinajstić information content (AvgIpc) is 2.50. The zero-order valence-electron chi connectivity index (χ0n) is 12.3. The molecule has 0 spiro atoms. The second kappa shape index (κ2) is 7.52. The molecule has 0 saturated heterocycles. The number of rotatable bonds is 6. The monoisotopic (exact) mass is 350 g/mol. The third-order valence-corrected chi connectivity index (χ3v) is 3.64. The van der Waals surface area contributed by atoms with Crippen molar-refractivity contribution in [2.75, 3.05) is 32.1 Å². The average molecular weight is 351 g/mol. The topological polar surface area (TPSA) is 42.4 Å². The van der Waals surface area contributed by atoms with Gasteiger partial charge in [0.05, 0.1) is 17.7 Å². The maximum absolute atomic E-state index is 12.8. The van der Waals surface area contributed by atoms with Crippen LogP contribution >= 0.6 is 15.9 Å². The lowest BCUT2D eigenvalue weighted by molar-refractivity contribution is 0.0710. The maximum atomic E-state index is 12.8. The number of methoxy groups -OCH3 is 1. The first-order valence-corrected chi connectivity index (χ1v) is 8.00. The van der Waals surface area contributed by atoms with Crippen LogP contribution < -0.4 is 0 Å². The Hall–Kier alpha value is -1.46. The number of hydrogen-bond acceptors (Lipinski definition) is 3. The van der Waals surface area contributed by atoms with E-state index in [1.54, 1.807) is 12.0 Å². The molecule has 0 saturated carbocycles. The number of para-hydroxylation sites is 1. The van der Waals surface area contributed by atoms with E-state index in [0.717, 1.165) is 21.9 Å². The van der Waals surface area contributed by atoms with Gasteiger partial charge in [0.15, 0.2) is 0 Å². The summed E-state index contributed by atoms with van der Waals surface area (Å²) < 4.78 is 5.09. The third kappa shape index (κ3) is 3.80. The van der Waals surface area contributed by atoms with E-state index in [4.69, 9.17) is 4.74 Å². The Morgan fingerprint density at radius 3 is 2.81 bits per heavy atom. The standard InChI is InChI=1S/C16H19BrN2O2/c1-12-11-14(13-5-3-4-6-15(13)18-12)16(20)19(8-7-17)9-10-21-2/h3-6,11H,7-10H2,1-2H3. The lowest BCUT2D eigenvalue weighted by Gasteiger charge is -2.22. The summed E-state index contributed by atoms with van der Waals surface area (Å²) in [5, 5.41) is 1.63. The number of aryl methyl sites for hydroxylation is 1. The molecule has 0 aliphatic heterocycles. The van der Waals surface area contributed by atoms with Crippen LogP contribution in [0.4, 0.5) is 0 Å². The molecule has 1 heterocycles. The van der Waals surface area contributed by atoms with Crippen LogP contribution in [0.2, 0.25) is 0 Å². The molecule has 4 nitrogen and oxygen atoms in total. The van der Waals surface area contributed by atoms with Crippen LogP contribution in [-0.2, 0) is 4.74 Å². The van der Waals surface area contributed by atoms with Gasteiger partial charge in [-0.3, -0.25) is 9.78 Å². The van der Waals surface area contributed by atoms with Crippen LogP contribution in [0.15, 0.2) is 30.3 Å². The first kappa shape index (κ1) is 15.9. The van der Waals surface area contributed by atoms with Gasteiger partial charge in [0, 0.05) is 36.6 Å². The predicted octanol–water partition coefficient (Wildman–Crippen LogP) is 3.03. The number of halogens is 1. The Balaban J connectivity index is 2.41. The van der Waals surface area contributed by atoms with E-state index in [9.17, 15) is 4.79 Å². The Morgan fingerprint density at radius 1 is 1.33 bits per heavy atom. The molecule has 0 radical (unpaired) electrons. The van der Waals surface area contributed by atoms with Crippen molar-refractivity contribution in [2.45, 2.75) is 6.92 Å². The molecule has 0 N–H and O–H groups in total. The fourth-order valence-corrected chi connectivity index (χ4v) is 2.70. The molecule has 0 bridgehead atoms. The number of nitrogens with zero attached hydrogens (tertiary/aromatic N) is 2. The van der Waals surface area contributed by atoms with Gasteiger partial charge in [-0.05, 0) is 19.1 Å². The first-order chi connectivity index (χ1) is 10.2. The minimum atomic E-state index is 0.0215. The molecule has 2 aromatic rings. The van der Waals surface area contributed by atoms with E-state index in [1.165, 1.54) is 0 Å². The lowest BCUT2D eigenvalue weighted by atomic mass is 10.1. The number of carbonyl (C=O) groups excluding carboxylic acids is 1. The van der Waals surface area contributed by atoms with Crippen molar-refractivity contribution in [3.63, 3.8) is 0 Å². The molecular weight excluding hydrogens is 332 g/mol. The van der Waals surface area contributed by atoms with Gasteiger partial charge >= 0.3 is 0 Å². The number of amides is 1. The molecule has 112 valence electrons. The number of pyridine rings is 1. The molecule has 1 aromatic heterocycles. The second-order valence-corrected chi connectivity index (χ2v) is 5.60. The van der Waals surface area contributed by atoms with Gasteiger partial charge in [0.25, 0.3) is 5.91 Å². The molecule has 0 aliphatic rings. The van der Waals surface area contributed by atoms with Crippen LogP contribution in [0.25, 0.3) is 10.9 Å². The molecular formula is C16H19BrN2O2. The van der Waals surface area contributed by atoms with Gasteiger partial charge in [-0.2, -0.15) is 0 Å². The predicted molar refractivity (Wildman–Crippen MR) is 88.1 cm³/mol. The first-order valence-electron chi connectivity index (χ1n) is 6.88. The largest absolute Gasteiger partial charge is 0.383 e. The highest BCUT2D eigenvalue weighted by molar-refractivity contribution is 9.09. The molecule has 0 atom stereocenters. The summed E-state index contributed by atoms with van der Waals surface area (Å²) in [5.74, 6) is 0.0215. The van der Waals surface area contributed by atoms with Crippen molar-refractivity contribution in [2.24, 2.45) is 0 Å². The van der Waals surface area contributed by atoms with Crippen LogP contribution in [-0.4, -0.2) is 47.9 Å². The number of aromatic nitrogens is 1. The summed E-state index contributed by atoms with van der Waals surface area (Å²) in [6, 6.07) is 9.60. The molecule has 0 unspecified atom stereocenters. The quantitative estimate of drug-likeness (QED) is 0.752. The number of benzene rings is 1. The molecule has 1 aromatic carbocycles. The van der Waals surface area contributed by atoms with Crippen molar-refractivity contribution < 1.29 is 9.53 Å². The van der Waals surface area contributed by atoms with Gasteiger partial charge in [-0.25, -0.2) is 0 Å². The highest BCUT2D eigenvalue weighted by atomic mass is 79.9. The minimum Gasteiger partial charge on any atom is -0.383 e. The van der Waals surface area contributed by atoms with E-state index in [1.807, 2.05) is 37.3 Å². The van der Waals surface area contributed by atoms with Crippen LogP contribution in [0.3, 0.4) is 0 Å². The van der Waals surface area contributed by atoms with Crippen molar-refractivity contribution in [1.82, 2.24) is 9.88 Å².